The van der Waals surface area contributed by atoms with Crippen molar-refractivity contribution in [3.8, 4) is 11.8 Å². The zero-order chi connectivity index (χ0) is 17.9. The maximum absolute atomic E-state index is 12.3. The molecule has 2 aliphatic rings. The van der Waals surface area contributed by atoms with Gasteiger partial charge >= 0.3 is 0 Å². The van der Waals surface area contributed by atoms with E-state index < -0.39 is 14.7 Å². The van der Waals surface area contributed by atoms with Crippen LogP contribution in [0.2, 0.25) is 0 Å². The second kappa shape index (κ2) is 7.25. The number of hydrogen-bond acceptors (Lipinski definition) is 3. The highest BCUT2D eigenvalue weighted by molar-refractivity contribution is 8.27. The number of rotatable bonds is 4. The Morgan fingerprint density at radius 2 is 1.88 bits per heavy atom. The van der Waals surface area contributed by atoms with E-state index in [-0.39, 0.29) is 5.91 Å². The molecule has 3 N–H and O–H groups in total. The van der Waals surface area contributed by atoms with Crippen LogP contribution >= 0.6 is 9.21 Å². The van der Waals surface area contributed by atoms with Crippen molar-refractivity contribution in [2.75, 3.05) is 11.5 Å². The molecule has 2 fully saturated rings. The fraction of sp³-hybridized carbons (Fsp3) is 0.450. The maximum Gasteiger partial charge on any atom is 0.263 e. The van der Waals surface area contributed by atoms with E-state index in [1.165, 1.54) is 12.8 Å². The fourth-order valence-corrected chi connectivity index (χ4v) is 4.76. The van der Waals surface area contributed by atoms with Gasteiger partial charge in [-0.1, -0.05) is 35.7 Å². The number of carbonyl (C=O) groups is 1. The summed E-state index contributed by atoms with van der Waals surface area (Å²) >= 11 is 0. The lowest BCUT2D eigenvalue weighted by Crippen LogP contribution is -2.58. The Morgan fingerprint density at radius 1 is 1.24 bits per heavy atom. The van der Waals surface area contributed by atoms with Gasteiger partial charge in [0.05, 0.1) is 0 Å². The van der Waals surface area contributed by atoms with Gasteiger partial charge in [0.1, 0.15) is 5.54 Å². The quantitative estimate of drug-likeness (QED) is 0.335. The Labute approximate surface area is 150 Å². The molecular formula is C20H26N2O2S. The highest BCUT2D eigenvalue weighted by Crippen LogP contribution is 2.35. The molecule has 0 bridgehead atoms. The number of nitrogens with one attached hydrogen (secondary N) is 2. The van der Waals surface area contributed by atoms with Crippen molar-refractivity contribution in [2.45, 2.75) is 37.8 Å². The van der Waals surface area contributed by atoms with Crippen LogP contribution in [0, 0.1) is 17.8 Å². The van der Waals surface area contributed by atoms with Crippen LogP contribution < -0.4 is 10.8 Å². The first-order valence-electron chi connectivity index (χ1n) is 8.67. The molecular weight excluding hydrogens is 332 g/mol. The van der Waals surface area contributed by atoms with E-state index in [1.54, 1.807) is 0 Å². The summed E-state index contributed by atoms with van der Waals surface area (Å²) in [6, 6.07) is 8.12. The second-order valence-corrected chi connectivity index (χ2v) is 10.5. The predicted molar refractivity (Wildman–Crippen MR) is 106 cm³/mol. The lowest BCUT2D eigenvalue weighted by Gasteiger charge is -2.39. The molecule has 1 amide bonds. The second-order valence-electron chi connectivity index (χ2n) is 7.25. The zero-order valence-corrected chi connectivity index (χ0v) is 15.3. The molecule has 5 heteroatoms. The largest absolute Gasteiger partial charge is 0.299 e. The average molecular weight is 359 g/mol. The summed E-state index contributed by atoms with van der Waals surface area (Å²) in [5, 5.41) is 12.5. The van der Waals surface area contributed by atoms with Crippen LogP contribution in [0.3, 0.4) is 0 Å². The highest BCUT2D eigenvalue weighted by Gasteiger charge is 2.40. The van der Waals surface area contributed by atoms with Gasteiger partial charge in [-0.25, -0.2) is 14.7 Å². The number of benzene rings is 1. The molecule has 0 aromatic heterocycles. The van der Waals surface area contributed by atoms with Crippen molar-refractivity contribution < 1.29 is 10.0 Å². The number of hydrogen-bond donors (Lipinski definition) is 3. The number of amides is 1. The molecule has 1 saturated heterocycles. The van der Waals surface area contributed by atoms with Gasteiger partial charge in [-0.3, -0.25) is 15.3 Å². The van der Waals surface area contributed by atoms with Crippen LogP contribution in [0.15, 0.2) is 24.3 Å². The molecule has 1 aromatic rings. The lowest BCUT2D eigenvalue weighted by atomic mass is 9.91. The van der Waals surface area contributed by atoms with Gasteiger partial charge in [-0.05, 0) is 54.9 Å². The third kappa shape index (κ3) is 4.66. The first-order valence-corrected chi connectivity index (χ1v) is 11.0. The van der Waals surface area contributed by atoms with Crippen molar-refractivity contribution in [1.29, 1.82) is 0 Å². The minimum absolute atomic E-state index is 0.366. The van der Waals surface area contributed by atoms with Gasteiger partial charge < -0.3 is 0 Å². The molecule has 0 atom stereocenters. The van der Waals surface area contributed by atoms with E-state index in [0.717, 1.165) is 22.6 Å². The molecule has 1 aromatic carbocycles. The van der Waals surface area contributed by atoms with E-state index in [4.69, 9.17) is 5.21 Å². The maximum atomic E-state index is 12.3. The summed E-state index contributed by atoms with van der Waals surface area (Å²) in [7, 11) is -1.11. The molecule has 1 saturated carbocycles. The standard InChI is InChI=1S/C20H26N2O2S/c1-25(2)13-11-20(12-14-25,19(23)22-24)21-15-18-9-7-17(8-10-18)6-5-16-3-4-16/h7-10,16,21,24H,1-4,11-15H2,(H,22,23). The van der Waals surface area contributed by atoms with E-state index >= 15 is 0 Å². The van der Waals surface area contributed by atoms with Crippen LogP contribution in [0.1, 0.15) is 36.8 Å². The van der Waals surface area contributed by atoms with E-state index in [0.29, 0.717) is 25.3 Å². The normalized spacial score (nSPS) is 21.0. The summed E-state index contributed by atoms with van der Waals surface area (Å²) in [4.78, 5) is 12.3. The minimum Gasteiger partial charge on any atom is -0.299 e. The van der Waals surface area contributed by atoms with Crippen LogP contribution in [-0.2, 0) is 11.3 Å². The fourth-order valence-electron chi connectivity index (χ4n) is 2.99. The van der Waals surface area contributed by atoms with Gasteiger partial charge in [-0.15, -0.1) is 0 Å². The van der Waals surface area contributed by atoms with Gasteiger partial charge in [0.15, 0.2) is 0 Å². The molecule has 4 nitrogen and oxygen atoms in total. The van der Waals surface area contributed by atoms with E-state index in [1.807, 2.05) is 29.7 Å². The lowest BCUT2D eigenvalue weighted by molar-refractivity contribution is -0.136. The van der Waals surface area contributed by atoms with Crippen LogP contribution in [0.5, 0.6) is 0 Å². The molecule has 25 heavy (non-hydrogen) atoms. The smallest absolute Gasteiger partial charge is 0.263 e. The molecule has 134 valence electrons. The average Bonchev–Trinajstić information content (AvgIpc) is 3.44. The summed E-state index contributed by atoms with van der Waals surface area (Å²) < 4.78 is 0. The topological polar surface area (TPSA) is 61.4 Å². The first-order chi connectivity index (χ1) is 11.9. The Hall–Kier alpha value is -1.74. The molecule has 0 spiro atoms. The van der Waals surface area contributed by atoms with Gasteiger partial charge in [0.25, 0.3) is 5.91 Å². The third-order valence-corrected chi connectivity index (χ3v) is 7.18. The van der Waals surface area contributed by atoms with Gasteiger partial charge in [-0.2, -0.15) is 0 Å². The Kier molecular flexibility index (Phi) is 5.24. The van der Waals surface area contributed by atoms with Crippen LogP contribution in [0.25, 0.3) is 0 Å². The minimum atomic E-state index is -1.11. The van der Waals surface area contributed by atoms with E-state index in [2.05, 4.69) is 28.9 Å². The third-order valence-electron chi connectivity index (χ3n) is 5.04. The van der Waals surface area contributed by atoms with Crippen molar-refractivity contribution in [1.82, 2.24) is 10.8 Å². The molecule has 0 unspecified atom stereocenters. The Bertz CT molecular complexity index is 782. The van der Waals surface area contributed by atoms with Gasteiger partial charge in [0, 0.05) is 18.0 Å². The molecule has 1 heterocycles. The summed E-state index contributed by atoms with van der Waals surface area (Å²) in [5.41, 5.74) is 3.20. The molecule has 1 aliphatic carbocycles. The van der Waals surface area contributed by atoms with Crippen molar-refractivity contribution in [2.24, 2.45) is 5.92 Å². The monoisotopic (exact) mass is 358 g/mol. The molecule has 1 aliphatic heterocycles. The van der Waals surface area contributed by atoms with E-state index in [9.17, 15) is 4.79 Å². The van der Waals surface area contributed by atoms with Gasteiger partial charge in [0.2, 0.25) is 0 Å². The predicted octanol–water partition coefficient (Wildman–Crippen LogP) is 2.24. The molecule has 3 rings (SSSR count). The van der Waals surface area contributed by atoms with Crippen LogP contribution in [0.4, 0.5) is 0 Å². The number of carbonyl (C=O) groups excluding carboxylic acids is 1. The highest BCUT2D eigenvalue weighted by atomic mass is 32.2. The van der Waals surface area contributed by atoms with Crippen molar-refractivity contribution in [3.63, 3.8) is 0 Å². The zero-order valence-electron chi connectivity index (χ0n) is 14.5. The van der Waals surface area contributed by atoms with Crippen molar-refractivity contribution >= 4 is 26.9 Å². The Balaban J connectivity index is 1.65. The summed E-state index contributed by atoms with van der Waals surface area (Å²) in [6.45, 7) is 0.570. The SMILES string of the molecule is C=S1(=C)CCC(NCc2ccc(C#CC3CC3)cc2)(C(=O)NO)CC1. The Morgan fingerprint density at radius 3 is 2.44 bits per heavy atom. The van der Waals surface area contributed by atoms with Crippen molar-refractivity contribution in [3.05, 3.63) is 35.4 Å². The number of hydroxylamine groups is 1. The summed E-state index contributed by atoms with van der Waals surface area (Å²) in [5.74, 6) is 16.7. The van der Waals surface area contributed by atoms with Crippen LogP contribution in [-0.4, -0.2) is 39.9 Å². The summed E-state index contributed by atoms with van der Waals surface area (Å²) in [6.07, 6.45) is 3.75. The molecule has 0 radical (unpaired) electrons. The first kappa shape index (κ1) is 18.1.